The molecule has 0 spiro atoms. The molecule has 2 aliphatic carbocycles. The van der Waals surface area contributed by atoms with Gasteiger partial charge in [0.05, 0.1) is 6.61 Å². The van der Waals surface area contributed by atoms with E-state index in [-0.39, 0.29) is 19.1 Å². The smallest absolute Gasteiger partial charge is 0.335 e. The van der Waals surface area contributed by atoms with Crippen LogP contribution in [0.2, 0.25) is 0 Å². The van der Waals surface area contributed by atoms with Crippen molar-refractivity contribution in [2.24, 2.45) is 23.7 Å². The Bertz CT molecular complexity index is 330. The molecule has 128 valence electrons. The zero-order chi connectivity index (χ0) is 15.9. The maximum atomic E-state index is 12.0. The number of hydrogen-bond acceptors (Lipinski definition) is 5. The van der Waals surface area contributed by atoms with Gasteiger partial charge in [-0.25, -0.2) is 4.79 Å². The number of carbonyl (C=O) groups excluding carboxylic acids is 1. The first kappa shape index (κ1) is 17.7. The van der Waals surface area contributed by atoms with E-state index >= 15 is 0 Å². The van der Waals surface area contributed by atoms with Crippen molar-refractivity contribution >= 4 is 5.97 Å². The molecule has 22 heavy (non-hydrogen) atoms. The minimum atomic E-state index is -1.02. The highest BCUT2D eigenvalue weighted by atomic mass is 16.5. The van der Waals surface area contributed by atoms with Crippen LogP contribution in [-0.2, 0) is 9.53 Å². The summed E-state index contributed by atoms with van der Waals surface area (Å²) < 4.78 is 5.32. The maximum absolute atomic E-state index is 12.0. The summed E-state index contributed by atoms with van der Waals surface area (Å²) in [6.07, 6.45) is 6.23. The summed E-state index contributed by atoms with van der Waals surface area (Å²) in [6.45, 7) is 0.839. The summed E-state index contributed by atoms with van der Waals surface area (Å²) >= 11 is 0. The quantitative estimate of drug-likeness (QED) is 0.647. The highest BCUT2D eigenvalue weighted by molar-refractivity contribution is 5.74. The Kier molecular flexibility index (Phi) is 7.12. The van der Waals surface area contributed by atoms with Crippen LogP contribution in [0.15, 0.2) is 0 Å². The number of ether oxygens (including phenoxy) is 1. The first-order valence-electron chi connectivity index (χ1n) is 8.70. The molecule has 0 aromatic heterocycles. The van der Waals surface area contributed by atoms with Gasteiger partial charge in [0.15, 0.2) is 6.10 Å². The minimum absolute atomic E-state index is 0.0274. The van der Waals surface area contributed by atoms with Gasteiger partial charge in [0.2, 0.25) is 0 Å². The number of esters is 1. The number of aliphatic hydroxyl groups is 3. The second-order valence-corrected chi connectivity index (χ2v) is 7.11. The van der Waals surface area contributed by atoms with Gasteiger partial charge in [0.25, 0.3) is 0 Å². The van der Waals surface area contributed by atoms with Gasteiger partial charge in [0.1, 0.15) is 0 Å². The molecular weight excluding hydrogens is 284 g/mol. The van der Waals surface area contributed by atoms with Gasteiger partial charge in [-0.15, -0.1) is 0 Å². The summed E-state index contributed by atoms with van der Waals surface area (Å²) in [6, 6.07) is 0. The monoisotopic (exact) mass is 314 g/mol. The molecule has 0 aromatic carbocycles. The summed E-state index contributed by atoms with van der Waals surface area (Å²) in [5, 5.41) is 28.4. The number of hydrogen-bond donors (Lipinski definition) is 3. The molecule has 0 radical (unpaired) electrons. The van der Waals surface area contributed by atoms with Crippen LogP contribution in [-0.4, -0.2) is 47.2 Å². The van der Waals surface area contributed by atoms with E-state index in [0.29, 0.717) is 24.4 Å². The lowest BCUT2D eigenvalue weighted by Gasteiger charge is -2.30. The van der Waals surface area contributed by atoms with Crippen LogP contribution in [0.5, 0.6) is 0 Å². The first-order chi connectivity index (χ1) is 10.6. The van der Waals surface area contributed by atoms with E-state index in [2.05, 4.69) is 0 Å². The zero-order valence-corrected chi connectivity index (χ0v) is 13.3. The van der Waals surface area contributed by atoms with Crippen LogP contribution < -0.4 is 0 Å². The standard InChI is InChI=1S/C17H30O5/c18-9-12-1-3-14(4-2-12)11-22-17(21)16(20)15-7-5-13(10-19)6-8-15/h12-16,18-20H,1-11H2. The van der Waals surface area contributed by atoms with Crippen LogP contribution in [0.3, 0.4) is 0 Å². The average Bonchev–Trinajstić information content (AvgIpc) is 2.59. The Morgan fingerprint density at radius 3 is 1.82 bits per heavy atom. The molecule has 5 nitrogen and oxygen atoms in total. The van der Waals surface area contributed by atoms with E-state index in [9.17, 15) is 9.90 Å². The predicted octanol–water partition coefficient (Wildman–Crippen LogP) is 1.49. The largest absolute Gasteiger partial charge is 0.463 e. The summed E-state index contributed by atoms with van der Waals surface area (Å²) in [7, 11) is 0. The van der Waals surface area contributed by atoms with Gasteiger partial charge < -0.3 is 20.1 Å². The maximum Gasteiger partial charge on any atom is 0.335 e. The molecule has 1 unspecified atom stereocenters. The number of aliphatic hydroxyl groups excluding tert-OH is 3. The molecule has 5 heteroatoms. The molecule has 2 fully saturated rings. The fourth-order valence-corrected chi connectivity index (χ4v) is 3.75. The third-order valence-corrected chi connectivity index (χ3v) is 5.52. The van der Waals surface area contributed by atoms with Crippen LogP contribution in [0.4, 0.5) is 0 Å². The van der Waals surface area contributed by atoms with Crippen molar-refractivity contribution in [1.29, 1.82) is 0 Å². The second kappa shape index (κ2) is 8.85. The molecule has 0 saturated heterocycles. The molecule has 0 bridgehead atoms. The van der Waals surface area contributed by atoms with Crippen LogP contribution in [0, 0.1) is 23.7 Å². The Hall–Kier alpha value is -0.650. The van der Waals surface area contributed by atoms with E-state index < -0.39 is 12.1 Å². The normalized spacial score (nSPS) is 34.1. The molecule has 2 rings (SSSR count). The van der Waals surface area contributed by atoms with Gasteiger partial charge in [-0.1, -0.05) is 0 Å². The Morgan fingerprint density at radius 1 is 0.864 bits per heavy atom. The van der Waals surface area contributed by atoms with Gasteiger partial charge in [-0.2, -0.15) is 0 Å². The lowest BCUT2D eigenvalue weighted by atomic mass is 9.79. The van der Waals surface area contributed by atoms with Gasteiger partial charge in [-0.05, 0) is 75.0 Å². The van der Waals surface area contributed by atoms with Crippen molar-refractivity contribution < 1.29 is 24.9 Å². The SMILES string of the molecule is O=C(OCC1CCC(CO)CC1)C(O)C1CCC(CO)CC1. The fourth-order valence-electron chi connectivity index (χ4n) is 3.75. The average molecular weight is 314 g/mol. The highest BCUT2D eigenvalue weighted by Gasteiger charge is 2.32. The molecule has 0 aliphatic heterocycles. The summed E-state index contributed by atoms with van der Waals surface area (Å²) in [4.78, 5) is 12.0. The van der Waals surface area contributed by atoms with Crippen LogP contribution in [0.25, 0.3) is 0 Å². The lowest BCUT2D eigenvalue weighted by Crippen LogP contribution is -2.35. The highest BCUT2D eigenvalue weighted by Crippen LogP contribution is 2.32. The molecule has 0 heterocycles. The summed E-state index contributed by atoms with van der Waals surface area (Å²) in [5.41, 5.74) is 0. The molecule has 0 aromatic rings. The van der Waals surface area contributed by atoms with Crippen LogP contribution in [0.1, 0.15) is 51.4 Å². The van der Waals surface area contributed by atoms with Crippen molar-refractivity contribution in [3.8, 4) is 0 Å². The molecule has 3 N–H and O–H groups in total. The molecule has 1 atom stereocenters. The second-order valence-electron chi connectivity index (χ2n) is 7.11. The van der Waals surface area contributed by atoms with E-state index in [1.165, 1.54) is 0 Å². The third-order valence-electron chi connectivity index (χ3n) is 5.52. The Morgan fingerprint density at radius 2 is 1.32 bits per heavy atom. The van der Waals surface area contributed by atoms with Crippen molar-refractivity contribution in [2.45, 2.75) is 57.5 Å². The van der Waals surface area contributed by atoms with E-state index in [0.717, 1.165) is 51.4 Å². The lowest BCUT2D eigenvalue weighted by molar-refractivity contribution is -0.159. The van der Waals surface area contributed by atoms with E-state index in [1.807, 2.05) is 0 Å². The Balaban J connectivity index is 1.66. The summed E-state index contributed by atoms with van der Waals surface area (Å²) in [5.74, 6) is 0.571. The van der Waals surface area contributed by atoms with Gasteiger partial charge in [0, 0.05) is 13.2 Å². The first-order valence-corrected chi connectivity index (χ1v) is 8.70. The van der Waals surface area contributed by atoms with E-state index in [1.54, 1.807) is 0 Å². The van der Waals surface area contributed by atoms with Gasteiger partial charge in [-0.3, -0.25) is 0 Å². The molecular formula is C17H30O5. The van der Waals surface area contributed by atoms with Crippen molar-refractivity contribution in [1.82, 2.24) is 0 Å². The van der Waals surface area contributed by atoms with Crippen molar-refractivity contribution in [3.63, 3.8) is 0 Å². The number of carbonyl (C=O) groups is 1. The van der Waals surface area contributed by atoms with Gasteiger partial charge >= 0.3 is 5.97 Å². The molecule has 0 amide bonds. The fraction of sp³-hybridized carbons (Fsp3) is 0.941. The van der Waals surface area contributed by atoms with Crippen LogP contribution >= 0.6 is 0 Å². The van der Waals surface area contributed by atoms with E-state index in [4.69, 9.17) is 14.9 Å². The third kappa shape index (κ3) is 4.93. The number of rotatable bonds is 6. The topological polar surface area (TPSA) is 87.0 Å². The molecule has 2 aliphatic rings. The van der Waals surface area contributed by atoms with Crippen molar-refractivity contribution in [2.75, 3.05) is 19.8 Å². The van der Waals surface area contributed by atoms with Crippen molar-refractivity contribution in [3.05, 3.63) is 0 Å². The predicted molar refractivity (Wildman–Crippen MR) is 82.0 cm³/mol. The zero-order valence-electron chi connectivity index (χ0n) is 13.3. The Labute approximate surface area is 132 Å². The minimum Gasteiger partial charge on any atom is -0.463 e. The molecule has 2 saturated carbocycles.